The van der Waals surface area contributed by atoms with Crippen LogP contribution in [0.15, 0.2) is 48.5 Å². The first-order valence-electron chi connectivity index (χ1n) is 10.2. The third-order valence-electron chi connectivity index (χ3n) is 5.30. The van der Waals surface area contributed by atoms with Crippen molar-refractivity contribution in [3.8, 4) is 0 Å². The Morgan fingerprint density at radius 3 is 2.48 bits per heavy atom. The van der Waals surface area contributed by atoms with Crippen LogP contribution in [0, 0.1) is 0 Å². The Morgan fingerprint density at radius 2 is 1.76 bits per heavy atom. The number of nitrogens with zero attached hydrogens (tertiary/aromatic N) is 3. The number of nitrogens with one attached hydrogen (secondary N) is 2. The van der Waals surface area contributed by atoms with E-state index >= 15 is 0 Å². The second-order valence-electron chi connectivity index (χ2n) is 7.38. The molecule has 6 heteroatoms. The first kappa shape index (κ1) is 19.4. The zero-order valence-electron chi connectivity index (χ0n) is 17.1. The third kappa shape index (κ3) is 3.81. The van der Waals surface area contributed by atoms with Gasteiger partial charge in [-0.15, -0.1) is 0 Å². The average Bonchev–Trinajstić information content (AvgIpc) is 3.11. The van der Waals surface area contributed by atoms with Crippen molar-refractivity contribution in [2.45, 2.75) is 39.3 Å². The Labute approximate surface area is 171 Å². The zero-order valence-corrected chi connectivity index (χ0v) is 17.1. The van der Waals surface area contributed by atoms with Crippen LogP contribution in [0.25, 0.3) is 21.9 Å². The fraction of sp³-hybridized carbons (Fsp3) is 0.304. The third-order valence-corrected chi connectivity index (χ3v) is 5.30. The molecule has 0 bridgehead atoms. The molecule has 2 aromatic heterocycles. The molecule has 4 aromatic rings. The van der Waals surface area contributed by atoms with Gasteiger partial charge in [-0.1, -0.05) is 55.8 Å². The van der Waals surface area contributed by atoms with E-state index in [1.54, 1.807) is 0 Å². The van der Waals surface area contributed by atoms with Gasteiger partial charge in [0.25, 0.3) is 0 Å². The van der Waals surface area contributed by atoms with Crippen molar-refractivity contribution in [2.75, 3.05) is 12.5 Å². The van der Waals surface area contributed by atoms with Crippen LogP contribution in [0.3, 0.4) is 0 Å². The number of anilines is 1. The lowest BCUT2D eigenvalue weighted by atomic mass is 10.1. The van der Waals surface area contributed by atoms with Crippen molar-refractivity contribution >= 4 is 27.8 Å². The molecule has 0 saturated carbocycles. The quantitative estimate of drug-likeness (QED) is 0.314. The van der Waals surface area contributed by atoms with Crippen molar-refractivity contribution in [3.63, 3.8) is 0 Å². The highest BCUT2D eigenvalue weighted by molar-refractivity contribution is 6.07. The summed E-state index contributed by atoms with van der Waals surface area (Å²) in [6, 6.07) is 17.0. The molecule has 2 heterocycles. The Morgan fingerprint density at radius 1 is 1.00 bits per heavy atom. The number of fused-ring (bicyclic) bond motifs is 3. The molecule has 0 aliphatic rings. The predicted octanol–water partition coefficient (Wildman–Crippen LogP) is 3.98. The second-order valence-corrected chi connectivity index (χ2v) is 7.38. The second kappa shape index (κ2) is 8.59. The molecule has 4 N–H and O–H groups in total. The predicted molar refractivity (Wildman–Crippen MR) is 120 cm³/mol. The van der Waals surface area contributed by atoms with Crippen LogP contribution < -0.4 is 16.6 Å². The van der Waals surface area contributed by atoms with Gasteiger partial charge in [0, 0.05) is 24.9 Å². The van der Waals surface area contributed by atoms with Crippen LogP contribution in [0.1, 0.15) is 36.7 Å². The lowest BCUT2D eigenvalue weighted by molar-refractivity contribution is 0.690. The van der Waals surface area contributed by atoms with E-state index in [4.69, 9.17) is 10.8 Å². The monoisotopic (exact) mass is 388 g/mol. The number of hydrazine groups is 1. The highest BCUT2D eigenvalue weighted by Gasteiger charge is 2.18. The number of rotatable bonds is 8. The van der Waals surface area contributed by atoms with Crippen LogP contribution in [-0.2, 0) is 19.5 Å². The SMILES string of the molecule is CCCCc1nc2c(NN)nc3ccccc3c2n1Cc1ccc(CNC)cc1. The number of nitrogens with two attached hydrogens (primary N) is 1. The smallest absolute Gasteiger partial charge is 0.168 e. The molecule has 0 amide bonds. The summed E-state index contributed by atoms with van der Waals surface area (Å²) in [4.78, 5) is 9.64. The molecule has 6 nitrogen and oxygen atoms in total. The number of hydrogen-bond acceptors (Lipinski definition) is 5. The van der Waals surface area contributed by atoms with Gasteiger partial charge in [0.15, 0.2) is 5.82 Å². The van der Waals surface area contributed by atoms with Gasteiger partial charge >= 0.3 is 0 Å². The molecule has 0 fully saturated rings. The number of para-hydroxylation sites is 1. The van der Waals surface area contributed by atoms with E-state index in [1.165, 1.54) is 11.1 Å². The standard InChI is InChI=1S/C23H28N6/c1-3-4-9-20-27-21-22(18-7-5-6-8-19(18)26-23(21)28-24)29(20)15-17-12-10-16(11-13-17)14-25-2/h5-8,10-13,25H,3-4,9,14-15,24H2,1-2H3,(H,26,28). The molecule has 150 valence electrons. The number of nitrogen functional groups attached to an aromatic ring is 1. The van der Waals surface area contributed by atoms with E-state index in [2.05, 4.69) is 63.6 Å². The average molecular weight is 389 g/mol. The summed E-state index contributed by atoms with van der Waals surface area (Å²) in [7, 11) is 1.97. The summed E-state index contributed by atoms with van der Waals surface area (Å²) in [6.07, 6.45) is 3.16. The summed E-state index contributed by atoms with van der Waals surface area (Å²) in [5, 5.41) is 4.30. The Balaban J connectivity index is 1.88. The molecule has 4 rings (SSSR count). The number of hydrogen-bond donors (Lipinski definition) is 3. The fourth-order valence-electron chi connectivity index (χ4n) is 3.83. The maximum atomic E-state index is 5.80. The fourth-order valence-corrected chi connectivity index (χ4v) is 3.83. The van der Waals surface area contributed by atoms with Gasteiger partial charge in [-0.05, 0) is 30.7 Å². The molecule has 0 spiro atoms. The minimum atomic E-state index is 0.625. The molecule has 0 unspecified atom stereocenters. The summed E-state index contributed by atoms with van der Waals surface area (Å²) >= 11 is 0. The number of aromatic nitrogens is 3. The zero-order chi connectivity index (χ0) is 20.2. The van der Waals surface area contributed by atoms with Crippen LogP contribution >= 0.6 is 0 Å². The summed E-state index contributed by atoms with van der Waals surface area (Å²) in [5.74, 6) is 7.50. The van der Waals surface area contributed by atoms with Crippen LogP contribution in [0.2, 0.25) is 0 Å². The molecular weight excluding hydrogens is 360 g/mol. The lowest BCUT2D eigenvalue weighted by Gasteiger charge is -2.12. The normalized spacial score (nSPS) is 11.4. The topological polar surface area (TPSA) is 80.8 Å². The highest BCUT2D eigenvalue weighted by Crippen LogP contribution is 2.31. The maximum Gasteiger partial charge on any atom is 0.168 e. The lowest BCUT2D eigenvalue weighted by Crippen LogP contribution is -2.10. The molecule has 2 aromatic carbocycles. The van der Waals surface area contributed by atoms with Crippen LogP contribution in [0.4, 0.5) is 5.82 Å². The molecule has 0 aliphatic carbocycles. The van der Waals surface area contributed by atoms with Crippen LogP contribution in [-0.4, -0.2) is 21.6 Å². The van der Waals surface area contributed by atoms with E-state index < -0.39 is 0 Å². The van der Waals surface area contributed by atoms with Gasteiger partial charge < -0.3 is 15.3 Å². The molecular formula is C23H28N6. The summed E-state index contributed by atoms with van der Waals surface area (Å²) < 4.78 is 2.34. The number of imidazole rings is 1. The van der Waals surface area contributed by atoms with Crippen LogP contribution in [0.5, 0.6) is 0 Å². The van der Waals surface area contributed by atoms with E-state index in [-0.39, 0.29) is 0 Å². The maximum absolute atomic E-state index is 5.80. The summed E-state index contributed by atoms with van der Waals surface area (Å²) in [5.41, 5.74) is 8.13. The van der Waals surface area contributed by atoms with Gasteiger partial charge in [-0.2, -0.15) is 0 Å². The first-order chi connectivity index (χ1) is 14.2. The van der Waals surface area contributed by atoms with Gasteiger partial charge in [-0.25, -0.2) is 15.8 Å². The molecule has 0 atom stereocenters. The number of pyridine rings is 1. The Bertz CT molecular complexity index is 1110. The summed E-state index contributed by atoms with van der Waals surface area (Å²) in [6.45, 7) is 3.85. The van der Waals surface area contributed by atoms with Crippen molar-refractivity contribution < 1.29 is 0 Å². The van der Waals surface area contributed by atoms with E-state index in [0.717, 1.165) is 60.1 Å². The molecule has 0 saturated heterocycles. The van der Waals surface area contributed by atoms with Gasteiger partial charge in [0.2, 0.25) is 0 Å². The van der Waals surface area contributed by atoms with Crippen molar-refractivity contribution in [1.82, 2.24) is 19.9 Å². The number of aryl methyl sites for hydroxylation is 1. The van der Waals surface area contributed by atoms with E-state index in [9.17, 15) is 0 Å². The Hall–Kier alpha value is -2.96. The first-order valence-corrected chi connectivity index (χ1v) is 10.2. The molecule has 0 radical (unpaired) electrons. The highest BCUT2D eigenvalue weighted by atomic mass is 15.3. The van der Waals surface area contributed by atoms with E-state index in [1.807, 2.05) is 19.2 Å². The van der Waals surface area contributed by atoms with E-state index in [0.29, 0.717) is 5.82 Å². The van der Waals surface area contributed by atoms with Crippen molar-refractivity contribution in [3.05, 3.63) is 65.5 Å². The number of benzene rings is 2. The van der Waals surface area contributed by atoms with Gasteiger partial charge in [0.05, 0.1) is 11.0 Å². The Kier molecular flexibility index (Phi) is 5.74. The molecule has 0 aliphatic heterocycles. The van der Waals surface area contributed by atoms with Gasteiger partial charge in [0.1, 0.15) is 11.3 Å². The molecule has 29 heavy (non-hydrogen) atoms. The number of unbranched alkanes of at least 4 members (excludes halogenated alkanes) is 1. The van der Waals surface area contributed by atoms with Crippen molar-refractivity contribution in [1.29, 1.82) is 0 Å². The minimum Gasteiger partial charge on any atom is -0.323 e. The minimum absolute atomic E-state index is 0.625. The van der Waals surface area contributed by atoms with Gasteiger partial charge in [-0.3, -0.25) is 0 Å². The van der Waals surface area contributed by atoms with Crippen molar-refractivity contribution in [2.24, 2.45) is 5.84 Å². The largest absolute Gasteiger partial charge is 0.323 e.